The van der Waals surface area contributed by atoms with Gasteiger partial charge in [-0.05, 0) is 42.9 Å². The van der Waals surface area contributed by atoms with Crippen molar-refractivity contribution in [2.75, 3.05) is 17.8 Å². The summed E-state index contributed by atoms with van der Waals surface area (Å²) in [5.41, 5.74) is 0.921. The third kappa shape index (κ3) is 4.94. The van der Waals surface area contributed by atoms with Crippen molar-refractivity contribution < 1.29 is 9.53 Å². The fraction of sp³-hybridized carbons (Fsp3) is 0.412. The summed E-state index contributed by atoms with van der Waals surface area (Å²) in [6.45, 7) is 0.586. The molecule has 1 aromatic heterocycles. The van der Waals surface area contributed by atoms with Crippen molar-refractivity contribution in [3.05, 3.63) is 40.9 Å². The number of halogens is 1. The van der Waals surface area contributed by atoms with Crippen LogP contribution < -0.4 is 10.1 Å². The lowest BCUT2D eigenvalue weighted by Gasteiger charge is -2.07. The van der Waals surface area contributed by atoms with Gasteiger partial charge in [0, 0.05) is 17.0 Å². The van der Waals surface area contributed by atoms with E-state index in [9.17, 15) is 4.79 Å². The second kappa shape index (κ2) is 7.79. The maximum Gasteiger partial charge on any atom is 0.230 e. The van der Waals surface area contributed by atoms with Gasteiger partial charge in [0.2, 0.25) is 5.91 Å². The number of nitrogens with one attached hydrogen (secondary N) is 1. The van der Waals surface area contributed by atoms with Crippen molar-refractivity contribution >= 4 is 34.0 Å². The molecule has 1 fully saturated rings. The summed E-state index contributed by atoms with van der Waals surface area (Å²) in [5, 5.41) is 3.56. The largest absolute Gasteiger partial charge is 0.494 e. The van der Waals surface area contributed by atoms with Crippen LogP contribution in [0.1, 0.15) is 35.6 Å². The molecule has 0 saturated heterocycles. The van der Waals surface area contributed by atoms with Crippen molar-refractivity contribution in [1.29, 1.82) is 0 Å². The summed E-state index contributed by atoms with van der Waals surface area (Å²) >= 11 is 7.21. The van der Waals surface area contributed by atoms with Crippen LogP contribution in [0.3, 0.4) is 0 Å². The zero-order valence-corrected chi connectivity index (χ0v) is 14.3. The molecule has 1 amide bonds. The molecule has 0 spiro atoms. The molecule has 1 N–H and O–H groups in total. The molecule has 1 heterocycles. The van der Waals surface area contributed by atoms with Gasteiger partial charge >= 0.3 is 0 Å². The molecule has 1 aliphatic carbocycles. The minimum atomic E-state index is -0.0559. The Morgan fingerprint density at radius 1 is 1.43 bits per heavy atom. The summed E-state index contributed by atoms with van der Waals surface area (Å²) in [6, 6.07) is 7.60. The lowest BCUT2D eigenvalue weighted by atomic mass is 10.1. The topological polar surface area (TPSA) is 51.2 Å². The van der Waals surface area contributed by atoms with Gasteiger partial charge in [-0.25, -0.2) is 4.98 Å². The molecule has 1 aromatic carbocycles. The number of aromatic nitrogens is 1. The van der Waals surface area contributed by atoms with Crippen LogP contribution in [0.15, 0.2) is 30.5 Å². The molecule has 23 heavy (non-hydrogen) atoms. The quantitative estimate of drug-likeness (QED) is 0.573. The number of carbonyl (C=O) groups excluding carboxylic acids is 1. The Morgan fingerprint density at radius 2 is 2.30 bits per heavy atom. The van der Waals surface area contributed by atoms with E-state index < -0.39 is 0 Å². The van der Waals surface area contributed by atoms with E-state index in [0.29, 0.717) is 30.0 Å². The first-order valence-electron chi connectivity index (χ1n) is 7.78. The van der Waals surface area contributed by atoms with Crippen LogP contribution in [0.4, 0.5) is 5.13 Å². The summed E-state index contributed by atoms with van der Waals surface area (Å²) in [7, 11) is 0. The Morgan fingerprint density at radius 3 is 3.09 bits per heavy atom. The molecule has 0 atom stereocenters. The molecule has 0 bridgehead atoms. The average molecular weight is 351 g/mol. The van der Waals surface area contributed by atoms with Gasteiger partial charge in [-0.15, -0.1) is 22.9 Å². The summed E-state index contributed by atoms with van der Waals surface area (Å²) < 4.78 is 5.60. The molecule has 0 radical (unpaired) electrons. The zero-order chi connectivity index (χ0) is 16.1. The zero-order valence-electron chi connectivity index (χ0n) is 12.8. The second-order valence-corrected chi connectivity index (χ2v) is 7.05. The predicted octanol–water partition coefficient (Wildman–Crippen LogP) is 4.21. The van der Waals surface area contributed by atoms with Crippen molar-refractivity contribution in [3.8, 4) is 5.75 Å². The molecule has 3 rings (SSSR count). The highest BCUT2D eigenvalue weighted by atomic mass is 35.5. The number of anilines is 1. The number of thiazole rings is 1. The van der Waals surface area contributed by atoms with Crippen LogP contribution in [-0.2, 0) is 11.2 Å². The average Bonchev–Trinajstić information content (AvgIpc) is 3.28. The molecular formula is C17H19ClN2O2S. The van der Waals surface area contributed by atoms with Crippen molar-refractivity contribution in [2.45, 2.75) is 31.6 Å². The SMILES string of the molecule is O=C(Cc1cccc(OCCCCl)c1)Nc1ncc(C2CC2)s1. The number of benzene rings is 1. The van der Waals surface area contributed by atoms with Crippen molar-refractivity contribution in [2.24, 2.45) is 0 Å². The van der Waals surface area contributed by atoms with E-state index in [1.807, 2.05) is 30.5 Å². The number of carbonyl (C=O) groups is 1. The van der Waals surface area contributed by atoms with Gasteiger partial charge in [0.25, 0.3) is 0 Å². The van der Waals surface area contributed by atoms with Gasteiger partial charge in [-0.3, -0.25) is 4.79 Å². The third-order valence-corrected chi connectivity index (χ3v) is 4.90. The maximum atomic E-state index is 12.1. The Balaban J connectivity index is 1.53. The van der Waals surface area contributed by atoms with E-state index in [2.05, 4.69) is 10.3 Å². The first kappa shape index (κ1) is 16.3. The van der Waals surface area contributed by atoms with E-state index in [-0.39, 0.29) is 5.91 Å². The number of amides is 1. The monoisotopic (exact) mass is 350 g/mol. The number of nitrogens with zero attached hydrogens (tertiary/aromatic N) is 1. The van der Waals surface area contributed by atoms with Crippen LogP contribution in [0.5, 0.6) is 5.75 Å². The van der Waals surface area contributed by atoms with Crippen LogP contribution in [-0.4, -0.2) is 23.4 Å². The first-order chi connectivity index (χ1) is 11.2. The smallest absolute Gasteiger partial charge is 0.230 e. The lowest BCUT2D eigenvalue weighted by molar-refractivity contribution is -0.115. The molecule has 122 valence electrons. The van der Waals surface area contributed by atoms with Gasteiger partial charge in [0.05, 0.1) is 13.0 Å². The Bertz CT molecular complexity index is 670. The van der Waals surface area contributed by atoms with Gasteiger partial charge in [0.1, 0.15) is 5.75 Å². The molecule has 2 aromatic rings. The van der Waals surface area contributed by atoms with E-state index in [1.54, 1.807) is 11.3 Å². The lowest BCUT2D eigenvalue weighted by Crippen LogP contribution is -2.14. The standard InChI is InChI=1S/C17H19ClN2O2S/c18-7-2-8-22-14-4-1-3-12(9-14)10-16(21)20-17-19-11-15(23-17)13-5-6-13/h1,3-4,9,11,13H,2,5-8,10H2,(H,19,20,21). The summed E-state index contributed by atoms with van der Waals surface area (Å²) in [6.07, 6.45) is 5.48. The first-order valence-corrected chi connectivity index (χ1v) is 9.13. The van der Waals surface area contributed by atoms with Gasteiger partial charge < -0.3 is 10.1 Å². The van der Waals surface area contributed by atoms with Crippen LogP contribution >= 0.6 is 22.9 Å². The van der Waals surface area contributed by atoms with Gasteiger partial charge in [0.15, 0.2) is 5.13 Å². The predicted molar refractivity (Wildman–Crippen MR) is 93.7 cm³/mol. The van der Waals surface area contributed by atoms with Crippen molar-refractivity contribution in [1.82, 2.24) is 4.98 Å². The molecular weight excluding hydrogens is 332 g/mol. The highest BCUT2D eigenvalue weighted by molar-refractivity contribution is 7.15. The highest BCUT2D eigenvalue weighted by Crippen LogP contribution is 2.43. The fourth-order valence-electron chi connectivity index (χ4n) is 2.24. The Kier molecular flexibility index (Phi) is 5.51. The number of ether oxygens (including phenoxy) is 1. The molecule has 4 nitrogen and oxygen atoms in total. The number of hydrogen-bond acceptors (Lipinski definition) is 4. The van der Waals surface area contributed by atoms with E-state index >= 15 is 0 Å². The van der Waals surface area contributed by atoms with Crippen LogP contribution in [0, 0.1) is 0 Å². The minimum absolute atomic E-state index is 0.0559. The molecule has 0 aliphatic heterocycles. The Hall–Kier alpha value is -1.59. The van der Waals surface area contributed by atoms with E-state index in [4.69, 9.17) is 16.3 Å². The minimum Gasteiger partial charge on any atom is -0.494 e. The summed E-state index contributed by atoms with van der Waals surface area (Å²) in [4.78, 5) is 17.7. The van der Waals surface area contributed by atoms with Gasteiger partial charge in [-0.1, -0.05) is 12.1 Å². The van der Waals surface area contributed by atoms with E-state index in [1.165, 1.54) is 17.7 Å². The third-order valence-electron chi connectivity index (χ3n) is 3.56. The van der Waals surface area contributed by atoms with Crippen molar-refractivity contribution in [3.63, 3.8) is 0 Å². The second-order valence-electron chi connectivity index (χ2n) is 5.61. The maximum absolute atomic E-state index is 12.1. The Labute approximate surface area is 144 Å². The molecule has 1 aliphatic rings. The van der Waals surface area contributed by atoms with Crippen LogP contribution in [0.25, 0.3) is 0 Å². The number of alkyl halides is 1. The fourth-order valence-corrected chi connectivity index (χ4v) is 3.35. The molecule has 0 unspecified atom stereocenters. The number of hydrogen-bond donors (Lipinski definition) is 1. The normalized spacial score (nSPS) is 13.8. The number of rotatable bonds is 8. The van der Waals surface area contributed by atoms with Gasteiger partial charge in [-0.2, -0.15) is 0 Å². The highest BCUT2D eigenvalue weighted by Gasteiger charge is 2.25. The van der Waals surface area contributed by atoms with E-state index in [0.717, 1.165) is 17.7 Å². The summed E-state index contributed by atoms with van der Waals surface area (Å²) in [5.74, 6) is 1.96. The van der Waals surface area contributed by atoms with Crippen LogP contribution in [0.2, 0.25) is 0 Å². The molecule has 1 saturated carbocycles. The molecule has 6 heteroatoms.